The van der Waals surface area contributed by atoms with Gasteiger partial charge in [-0.05, 0) is 44.0 Å². The van der Waals surface area contributed by atoms with Crippen LogP contribution in [0.5, 0.6) is 0 Å². The third kappa shape index (κ3) is 4.76. The fourth-order valence-corrected chi connectivity index (χ4v) is 3.08. The molecule has 1 saturated heterocycles. The summed E-state index contributed by atoms with van der Waals surface area (Å²) in [4.78, 5) is 22.8. The van der Waals surface area contributed by atoms with Gasteiger partial charge in [-0.25, -0.2) is 14.4 Å². The molecule has 0 bridgehead atoms. The molecule has 2 heterocycles. The Morgan fingerprint density at radius 1 is 1.42 bits per heavy atom. The van der Waals surface area contributed by atoms with Crippen molar-refractivity contribution >= 4 is 17.5 Å². The quantitative estimate of drug-likeness (QED) is 0.859. The molecule has 7 heteroatoms. The van der Waals surface area contributed by atoms with Crippen molar-refractivity contribution in [3.63, 3.8) is 0 Å². The summed E-state index contributed by atoms with van der Waals surface area (Å²) in [6.07, 6.45) is 3.58. The number of ether oxygens (including phenoxy) is 1. The molecule has 1 amide bonds. The number of amides is 1. The Bertz CT molecular complexity index is 756. The molecular formula is C19H23FN4O2. The van der Waals surface area contributed by atoms with Gasteiger partial charge in [0.1, 0.15) is 12.4 Å². The predicted molar refractivity (Wildman–Crippen MR) is 96.8 cm³/mol. The van der Waals surface area contributed by atoms with Crippen molar-refractivity contribution in [2.45, 2.75) is 25.7 Å². The van der Waals surface area contributed by atoms with Crippen molar-refractivity contribution in [1.82, 2.24) is 14.9 Å². The van der Waals surface area contributed by atoms with Gasteiger partial charge in [0, 0.05) is 37.5 Å². The van der Waals surface area contributed by atoms with E-state index >= 15 is 0 Å². The molecule has 1 fully saturated rings. The zero-order valence-electron chi connectivity index (χ0n) is 14.8. The van der Waals surface area contributed by atoms with E-state index in [0.717, 1.165) is 25.1 Å². The van der Waals surface area contributed by atoms with Crippen molar-refractivity contribution < 1.29 is 13.9 Å². The number of nitrogens with zero attached hydrogens (tertiary/aromatic N) is 3. The molecule has 0 spiro atoms. The Balaban J connectivity index is 1.68. The van der Waals surface area contributed by atoms with Gasteiger partial charge in [-0.2, -0.15) is 0 Å². The van der Waals surface area contributed by atoms with Gasteiger partial charge in [0.2, 0.25) is 11.9 Å². The van der Waals surface area contributed by atoms with Crippen molar-refractivity contribution in [1.29, 1.82) is 0 Å². The predicted octanol–water partition coefficient (Wildman–Crippen LogP) is 3.10. The van der Waals surface area contributed by atoms with E-state index in [1.165, 1.54) is 12.1 Å². The third-order valence-electron chi connectivity index (χ3n) is 4.38. The van der Waals surface area contributed by atoms with Crippen LogP contribution in [0.1, 0.15) is 31.4 Å². The van der Waals surface area contributed by atoms with Gasteiger partial charge >= 0.3 is 0 Å². The van der Waals surface area contributed by atoms with Gasteiger partial charge in [0.25, 0.3) is 0 Å². The molecule has 1 aromatic carbocycles. The zero-order valence-corrected chi connectivity index (χ0v) is 14.8. The smallest absolute Gasteiger partial charge is 0.248 e. The van der Waals surface area contributed by atoms with Crippen LogP contribution in [0.2, 0.25) is 0 Å². The van der Waals surface area contributed by atoms with Crippen LogP contribution in [-0.4, -0.2) is 47.1 Å². The standard InChI is InChI=1S/C19H23FN4O2/c1-2-26-13-18(25)24-10-4-5-14(12-24)17-8-9-21-19(23-17)22-16-7-3-6-15(20)11-16/h3,6-9,11,14H,2,4-5,10,12-13H2,1H3,(H,21,22,23). The number of carbonyl (C=O) groups is 1. The van der Waals surface area contributed by atoms with E-state index < -0.39 is 0 Å². The molecule has 0 radical (unpaired) electrons. The van der Waals surface area contributed by atoms with E-state index in [4.69, 9.17) is 4.74 Å². The number of hydrogen-bond acceptors (Lipinski definition) is 5. The van der Waals surface area contributed by atoms with Crippen LogP contribution in [0.15, 0.2) is 36.5 Å². The van der Waals surface area contributed by atoms with Crippen LogP contribution in [0.3, 0.4) is 0 Å². The van der Waals surface area contributed by atoms with Crippen LogP contribution >= 0.6 is 0 Å². The number of halogens is 1. The van der Waals surface area contributed by atoms with E-state index in [2.05, 4.69) is 15.3 Å². The molecule has 6 nitrogen and oxygen atoms in total. The average Bonchev–Trinajstić information content (AvgIpc) is 2.66. The second-order valence-electron chi connectivity index (χ2n) is 6.26. The third-order valence-corrected chi connectivity index (χ3v) is 4.38. The molecule has 1 unspecified atom stereocenters. The summed E-state index contributed by atoms with van der Waals surface area (Å²) < 4.78 is 18.5. The first kappa shape index (κ1) is 18.3. The summed E-state index contributed by atoms with van der Waals surface area (Å²) in [6, 6.07) is 8.04. The van der Waals surface area contributed by atoms with E-state index in [1.54, 1.807) is 18.3 Å². The number of carbonyl (C=O) groups excluding carboxylic acids is 1. The van der Waals surface area contributed by atoms with Crippen LogP contribution in [-0.2, 0) is 9.53 Å². The first-order valence-electron chi connectivity index (χ1n) is 8.86. The molecule has 3 rings (SSSR count). The summed E-state index contributed by atoms with van der Waals surface area (Å²) in [5, 5.41) is 3.02. The minimum Gasteiger partial charge on any atom is -0.372 e. The van der Waals surface area contributed by atoms with Crippen molar-refractivity contribution in [2.75, 3.05) is 31.6 Å². The minimum atomic E-state index is -0.318. The molecule has 0 aliphatic carbocycles. The maximum absolute atomic E-state index is 13.3. The van der Waals surface area contributed by atoms with Crippen molar-refractivity contribution in [2.24, 2.45) is 0 Å². The molecule has 0 saturated carbocycles. The fourth-order valence-electron chi connectivity index (χ4n) is 3.08. The summed E-state index contributed by atoms with van der Waals surface area (Å²) >= 11 is 0. The molecule has 2 aromatic rings. The van der Waals surface area contributed by atoms with Gasteiger partial charge in [-0.3, -0.25) is 4.79 Å². The number of aromatic nitrogens is 2. The molecule has 1 aliphatic rings. The number of piperidine rings is 1. The van der Waals surface area contributed by atoms with Gasteiger partial charge < -0.3 is 15.0 Å². The highest BCUT2D eigenvalue weighted by Crippen LogP contribution is 2.26. The molecule has 1 aliphatic heterocycles. The highest BCUT2D eigenvalue weighted by molar-refractivity contribution is 5.77. The lowest BCUT2D eigenvalue weighted by Crippen LogP contribution is -2.41. The summed E-state index contributed by atoms with van der Waals surface area (Å²) in [5.74, 6) is 0.279. The van der Waals surface area contributed by atoms with Crippen LogP contribution in [0.25, 0.3) is 0 Å². The number of nitrogens with one attached hydrogen (secondary N) is 1. The minimum absolute atomic E-state index is 0.0173. The average molecular weight is 358 g/mol. The topological polar surface area (TPSA) is 67.3 Å². The zero-order chi connectivity index (χ0) is 18.4. The van der Waals surface area contributed by atoms with Gasteiger partial charge in [-0.15, -0.1) is 0 Å². The second kappa shape index (κ2) is 8.71. The lowest BCUT2D eigenvalue weighted by atomic mass is 9.94. The van der Waals surface area contributed by atoms with Crippen LogP contribution in [0, 0.1) is 5.82 Å². The Labute approximate surface area is 152 Å². The lowest BCUT2D eigenvalue weighted by Gasteiger charge is -2.32. The Hall–Kier alpha value is -2.54. The largest absolute Gasteiger partial charge is 0.372 e. The van der Waals surface area contributed by atoms with E-state index in [1.807, 2.05) is 17.9 Å². The van der Waals surface area contributed by atoms with Crippen LogP contribution < -0.4 is 5.32 Å². The Morgan fingerprint density at radius 3 is 3.12 bits per heavy atom. The monoisotopic (exact) mass is 358 g/mol. The van der Waals surface area contributed by atoms with Gasteiger partial charge in [-0.1, -0.05) is 6.07 Å². The van der Waals surface area contributed by atoms with E-state index in [9.17, 15) is 9.18 Å². The Morgan fingerprint density at radius 2 is 2.31 bits per heavy atom. The molecule has 1 aromatic heterocycles. The van der Waals surface area contributed by atoms with Gasteiger partial charge in [0.05, 0.1) is 5.69 Å². The summed E-state index contributed by atoms with van der Waals surface area (Å²) in [5.41, 5.74) is 1.48. The van der Waals surface area contributed by atoms with Crippen LogP contribution in [0.4, 0.5) is 16.0 Å². The fraction of sp³-hybridized carbons (Fsp3) is 0.421. The number of benzene rings is 1. The SMILES string of the molecule is CCOCC(=O)N1CCCC(c2ccnc(Nc3cccc(F)c3)n2)C1. The Kier molecular flexibility index (Phi) is 6.12. The number of hydrogen-bond donors (Lipinski definition) is 1. The molecule has 138 valence electrons. The maximum Gasteiger partial charge on any atom is 0.248 e. The number of anilines is 2. The van der Waals surface area contributed by atoms with Crippen molar-refractivity contribution in [3.8, 4) is 0 Å². The lowest BCUT2D eigenvalue weighted by molar-refractivity contribution is -0.137. The highest BCUT2D eigenvalue weighted by atomic mass is 19.1. The first-order chi connectivity index (χ1) is 12.7. The summed E-state index contributed by atoms with van der Waals surface area (Å²) in [7, 11) is 0. The van der Waals surface area contributed by atoms with E-state index in [0.29, 0.717) is 24.8 Å². The number of rotatable bonds is 6. The van der Waals surface area contributed by atoms with Gasteiger partial charge in [0.15, 0.2) is 0 Å². The normalized spacial score (nSPS) is 17.2. The highest BCUT2D eigenvalue weighted by Gasteiger charge is 2.25. The number of likely N-dealkylation sites (tertiary alicyclic amines) is 1. The summed E-state index contributed by atoms with van der Waals surface area (Å²) in [6.45, 7) is 3.91. The molecule has 1 atom stereocenters. The first-order valence-corrected chi connectivity index (χ1v) is 8.86. The molecule has 1 N–H and O–H groups in total. The van der Waals surface area contributed by atoms with Crippen molar-refractivity contribution in [3.05, 3.63) is 48.0 Å². The maximum atomic E-state index is 13.3. The van der Waals surface area contributed by atoms with E-state index in [-0.39, 0.29) is 24.2 Å². The molecular weight excluding hydrogens is 335 g/mol. The second-order valence-corrected chi connectivity index (χ2v) is 6.26. The molecule has 26 heavy (non-hydrogen) atoms.